The van der Waals surface area contributed by atoms with Gasteiger partial charge in [-0.1, -0.05) is 101 Å². The second-order valence-electron chi connectivity index (χ2n) is 8.94. The Hall–Kier alpha value is 1.10. The third kappa shape index (κ3) is 4.45. The molecule has 23 heavy (non-hydrogen) atoms. The van der Waals surface area contributed by atoms with Crippen LogP contribution in [0, 0.1) is 48.3 Å². The van der Waals surface area contributed by atoms with Crippen LogP contribution in [0.25, 0.3) is 0 Å². The second kappa shape index (κ2) is 9.16. The summed E-state index contributed by atoms with van der Waals surface area (Å²) in [6, 6.07) is 0. The van der Waals surface area contributed by atoms with E-state index < -0.39 is 0 Å². The van der Waals surface area contributed by atoms with Crippen LogP contribution in [0.2, 0.25) is 0 Å². The van der Waals surface area contributed by atoms with Crippen molar-refractivity contribution in [1.29, 1.82) is 0 Å². The van der Waals surface area contributed by atoms with Crippen LogP contribution >= 0.6 is 0 Å². The maximum atomic E-state index is 2.76. The molecule has 5 aliphatic rings. The predicted octanol–water partition coefficient (Wildman–Crippen LogP) is 6.61. The summed E-state index contributed by atoms with van der Waals surface area (Å²) < 4.78 is 0. The predicted molar refractivity (Wildman–Crippen MR) is 94.2 cm³/mol. The van der Waals surface area contributed by atoms with Crippen molar-refractivity contribution < 1.29 is 32.7 Å². The summed E-state index contributed by atoms with van der Waals surface area (Å²) >= 11 is 0. The number of rotatable bonds is 0. The molecular weight excluding hydrogens is 353 g/mol. The Balaban J connectivity index is 0.000000138. The minimum Gasteiger partial charge on any atom is -0.325 e. The van der Waals surface area contributed by atoms with E-state index in [2.05, 4.69) is 12.8 Å². The van der Waals surface area contributed by atoms with E-state index in [1.165, 1.54) is 77.0 Å². The van der Waals surface area contributed by atoms with Crippen molar-refractivity contribution in [3.63, 3.8) is 0 Å². The first kappa shape index (κ1) is 18.9. The third-order valence-electron chi connectivity index (χ3n) is 7.77. The van der Waals surface area contributed by atoms with E-state index >= 15 is 0 Å². The van der Waals surface area contributed by atoms with Gasteiger partial charge >= 0.3 is 0 Å². The van der Waals surface area contributed by atoms with Crippen molar-refractivity contribution in [3.8, 4) is 0 Å². The van der Waals surface area contributed by atoms with Crippen LogP contribution in [-0.4, -0.2) is 0 Å². The van der Waals surface area contributed by atoms with Crippen molar-refractivity contribution in [2.45, 2.75) is 89.9 Å². The van der Waals surface area contributed by atoms with Gasteiger partial charge in [-0.3, -0.25) is 0 Å². The monoisotopic (exact) mass is 389 g/mol. The molecule has 0 aromatic heterocycles. The van der Waals surface area contributed by atoms with Crippen molar-refractivity contribution >= 4 is 0 Å². The van der Waals surface area contributed by atoms with Gasteiger partial charge < -0.3 is 12.8 Å². The van der Waals surface area contributed by atoms with Crippen LogP contribution in [0.1, 0.15) is 89.9 Å². The van der Waals surface area contributed by atoms with Crippen LogP contribution in [0.3, 0.4) is 0 Å². The Kier molecular flexibility index (Phi) is 7.52. The minimum absolute atomic E-state index is 0. The first-order valence-electron chi connectivity index (χ1n) is 10.6. The summed E-state index contributed by atoms with van der Waals surface area (Å²) in [5, 5.41) is 0. The molecule has 0 aromatic rings. The van der Waals surface area contributed by atoms with E-state index in [9.17, 15) is 0 Å². The first-order chi connectivity index (χ1) is 10.9. The number of fused-ring (bicyclic) bond motifs is 4. The summed E-state index contributed by atoms with van der Waals surface area (Å²) in [7, 11) is 0. The number of hydrogen-bond donors (Lipinski definition) is 0. The molecule has 5 rings (SSSR count). The van der Waals surface area contributed by atoms with E-state index in [4.69, 9.17) is 0 Å². The van der Waals surface area contributed by atoms with Crippen LogP contribution in [-0.2, 0) is 32.7 Å². The van der Waals surface area contributed by atoms with Gasteiger partial charge in [-0.15, -0.1) is 0 Å². The molecule has 5 fully saturated rings. The first-order valence-corrected chi connectivity index (χ1v) is 10.6. The van der Waals surface area contributed by atoms with Gasteiger partial charge in [-0.05, 0) is 0 Å². The fraction of sp³-hybridized carbons (Fsp3) is 0.909. The summed E-state index contributed by atoms with van der Waals surface area (Å²) in [6.07, 6.45) is 26.5. The molecular formula is C22H36Y-2. The number of hydrogen-bond acceptors (Lipinski definition) is 0. The van der Waals surface area contributed by atoms with Crippen molar-refractivity contribution in [3.05, 3.63) is 12.8 Å². The molecule has 129 valence electrons. The van der Waals surface area contributed by atoms with Crippen LogP contribution in [0.15, 0.2) is 0 Å². The molecule has 0 nitrogen and oxygen atoms in total. The van der Waals surface area contributed by atoms with Crippen LogP contribution in [0.4, 0.5) is 0 Å². The van der Waals surface area contributed by atoms with Gasteiger partial charge in [0.1, 0.15) is 0 Å². The van der Waals surface area contributed by atoms with E-state index in [0.29, 0.717) is 0 Å². The molecule has 1 radical (unpaired) electrons. The van der Waals surface area contributed by atoms with Gasteiger partial charge in [-0.25, -0.2) is 0 Å². The molecule has 6 atom stereocenters. The average Bonchev–Trinajstić information content (AvgIpc) is 3.19. The summed E-state index contributed by atoms with van der Waals surface area (Å²) in [5.74, 6) is 6.49. The summed E-state index contributed by atoms with van der Waals surface area (Å²) in [4.78, 5) is 0. The Bertz CT molecular complexity index is 320. The molecule has 0 N–H and O–H groups in total. The minimum atomic E-state index is 0. The largest absolute Gasteiger partial charge is 0.325 e. The van der Waals surface area contributed by atoms with Crippen LogP contribution in [0.5, 0.6) is 0 Å². The molecule has 0 aliphatic heterocycles. The Labute approximate surface area is 170 Å². The van der Waals surface area contributed by atoms with E-state index in [-0.39, 0.29) is 32.7 Å². The van der Waals surface area contributed by atoms with Gasteiger partial charge in [0.2, 0.25) is 0 Å². The Morgan fingerprint density at radius 1 is 0.522 bits per heavy atom. The van der Waals surface area contributed by atoms with E-state index in [0.717, 1.165) is 35.5 Å². The maximum Gasteiger partial charge on any atom is 0 e. The molecule has 1 heteroatoms. The van der Waals surface area contributed by atoms with E-state index in [1.54, 1.807) is 12.8 Å². The summed E-state index contributed by atoms with van der Waals surface area (Å²) in [5.41, 5.74) is 0. The molecule has 0 saturated heterocycles. The second-order valence-corrected chi connectivity index (χ2v) is 8.94. The van der Waals surface area contributed by atoms with Gasteiger partial charge in [-0.2, -0.15) is 24.2 Å². The smallest absolute Gasteiger partial charge is 0 e. The van der Waals surface area contributed by atoms with Gasteiger partial charge in [0, 0.05) is 32.7 Å². The zero-order valence-corrected chi connectivity index (χ0v) is 17.9. The molecule has 0 spiro atoms. The van der Waals surface area contributed by atoms with Gasteiger partial charge in [0.15, 0.2) is 0 Å². The van der Waals surface area contributed by atoms with Gasteiger partial charge in [0.25, 0.3) is 0 Å². The molecule has 6 unspecified atom stereocenters. The van der Waals surface area contributed by atoms with Crippen molar-refractivity contribution in [1.82, 2.24) is 0 Å². The molecule has 0 bridgehead atoms. The topological polar surface area (TPSA) is 0 Å². The molecule has 5 saturated carbocycles. The third-order valence-corrected chi connectivity index (χ3v) is 7.77. The fourth-order valence-corrected chi connectivity index (χ4v) is 6.66. The summed E-state index contributed by atoms with van der Waals surface area (Å²) in [6.45, 7) is 0. The average molecular weight is 389 g/mol. The quantitative estimate of drug-likeness (QED) is 0.409. The Morgan fingerprint density at radius 2 is 1.04 bits per heavy atom. The van der Waals surface area contributed by atoms with Gasteiger partial charge in [0.05, 0.1) is 0 Å². The standard InChI is InChI=1S/C13H21.C9H15.Y/c1-3-7-12-10(5-1)9-11-6-2-4-8-13(11)12;1-2-5-9-7-3-6-8(9)4-1;/h9-13H,1-8H2;6,8-9H,1-5,7H2;/q2*-1;. The maximum absolute atomic E-state index is 2.76. The fourth-order valence-electron chi connectivity index (χ4n) is 6.66. The van der Waals surface area contributed by atoms with Crippen molar-refractivity contribution in [2.75, 3.05) is 0 Å². The molecule has 0 amide bonds. The molecule has 0 heterocycles. The Morgan fingerprint density at radius 3 is 1.65 bits per heavy atom. The zero-order valence-electron chi connectivity index (χ0n) is 15.1. The van der Waals surface area contributed by atoms with E-state index in [1.807, 2.05) is 0 Å². The zero-order chi connectivity index (χ0) is 14.8. The van der Waals surface area contributed by atoms with Crippen LogP contribution < -0.4 is 0 Å². The SMILES string of the molecule is [CH-]1C2CCCCC2C2CCCCC12.[CH-]1CCC2CCCCC12.[Y]. The normalized spacial score (nSPS) is 44.9. The van der Waals surface area contributed by atoms with Crippen molar-refractivity contribution in [2.24, 2.45) is 35.5 Å². The molecule has 0 aromatic carbocycles. The molecule has 5 aliphatic carbocycles.